The van der Waals surface area contributed by atoms with E-state index in [9.17, 15) is 9.46 Å². The van der Waals surface area contributed by atoms with Crippen LogP contribution in [-0.2, 0) is 13.6 Å². The van der Waals surface area contributed by atoms with E-state index in [1.54, 1.807) is 0 Å². The van der Waals surface area contributed by atoms with Crippen LogP contribution >= 0.6 is 7.82 Å². The van der Waals surface area contributed by atoms with Gasteiger partial charge in [-0.1, -0.05) is 39.5 Å². The molecule has 0 atom stereocenters. The Morgan fingerprint density at radius 3 is 1.62 bits per heavy atom. The first-order valence-corrected chi connectivity index (χ1v) is 7.18. The van der Waals surface area contributed by atoms with E-state index in [0.29, 0.717) is 0 Å². The van der Waals surface area contributed by atoms with Crippen molar-refractivity contribution in [2.75, 3.05) is 13.2 Å². The molecule has 92 valence electrons. The van der Waals surface area contributed by atoms with Gasteiger partial charge in [0.2, 0.25) is 0 Å². The molecule has 0 radical (unpaired) electrons. The van der Waals surface area contributed by atoms with Gasteiger partial charge in [-0.25, -0.2) is 0 Å². The van der Waals surface area contributed by atoms with Gasteiger partial charge in [-0.3, -0.25) is 4.57 Å². The summed E-state index contributed by atoms with van der Waals surface area (Å²) in [6.07, 6.45) is 5.58. The van der Waals surface area contributed by atoms with Gasteiger partial charge in [0.05, 0.1) is 13.2 Å². The Labute approximate surface area is 121 Å². The second-order valence-corrected chi connectivity index (χ2v) is 4.94. The summed E-state index contributed by atoms with van der Waals surface area (Å²) in [5.41, 5.74) is 0. The van der Waals surface area contributed by atoms with Crippen LogP contribution in [0, 0.1) is 0 Å². The Bertz CT molecular complexity index is 174. The second kappa shape index (κ2) is 12.6. The van der Waals surface area contributed by atoms with E-state index in [1.165, 1.54) is 0 Å². The van der Waals surface area contributed by atoms with Crippen LogP contribution < -0.4 is 34.5 Å². The molecule has 0 saturated heterocycles. The molecule has 0 bridgehead atoms. The number of unbranched alkanes of at least 4 members (excludes halogenated alkanes) is 4. The van der Waals surface area contributed by atoms with Crippen LogP contribution in [0.15, 0.2) is 0 Å². The minimum atomic E-state index is -4.02. The molecule has 0 aliphatic heterocycles. The minimum Gasteiger partial charge on any atom is -0.756 e. The van der Waals surface area contributed by atoms with E-state index < -0.39 is 7.82 Å². The zero-order chi connectivity index (χ0) is 11.6. The molecule has 4 nitrogen and oxygen atoms in total. The van der Waals surface area contributed by atoms with Crippen molar-refractivity contribution in [1.82, 2.24) is 0 Å². The summed E-state index contributed by atoms with van der Waals surface area (Å²) in [4.78, 5) is 11.1. The summed E-state index contributed by atoms with van der Waals surface area (Å²) in [6.45, 7) is 4.58. The van der Waals surface area contributed by atoms with Gasteiger partial charge in [0.1, 0.15) is 0 Å². The fraction of sp³-hybridized carbons (Fsp3) is 1.00. The van der Waals surface area contributed by atoms with E-state index in [0.717, 1.165) is 38.5 Å². The predicted octanol–water partition coefficient (Wildman–Crippen LogP) is -0.128. The van der Waals surface area contributed by atoms with Crippen molar-refractivity contribution < 1.29 is 48.1 Å². The first-order chi connectivity index (χ1) is 7.12. The zero-order valence-electron chi connectivity index (χ0n) is 10.7. The van der Waals surface area contributed by atoms with Crippen molar-refractivity contribution in [3.63, 3.8) is 0 Å². The van der Waals surface area contributed by atoms with Crippen LogP contribution in [0.1, 0.15) is 52.4 Å². The second-order valence-electron chi connectivity index (χ2n) is 3.53. The van der Waals surface area contributed by atoms with Crippen LogP contribution in [0.4, 0.5) is 0 Å². The van der Waals surface area contributed by atoms with Crippen molar-refractivity contribution in [3.05, 3.63) is 0 Å². The van der Waals surface area contributed by atoms with E-state index in [1.807, 2.05) is 0 Å². The molecule has 0 heterocycles. The molecule has 0 amide bonds. The van der Waals surface area contributed by atoms with Crippen molar-refractivity contribution in [2.45, 2.75) is 52.4 Å². The number of hydrogen-bond acceptors (Lipinski definition) is 4. The quantitative estimate of drug-likeness (QED) is 0.312. The van der Waals surface area contributed by atoms with Gasteiger partial charge in [0, 0.05) is 0 Å². The van der Waals surface area contributed by atoms with Crippen molar-refractivity contribution in [3.8, 4) is 0 Å². The third-order valence-electron chi connectivity index (χ3n) is 1.99. The van der Waals surface area contributed by atoms with Crippen LogP contribution in [0.5, 0.6) is 0 Å². The fourth-order valence-electron chi connectivity index (χ4n) is 1.09. The fourth-order valence-corrected chi connectivity index (χ4v) is 1.87. The van der Waals surface area contributed by atoms with Gasteiger partial charge in [0.25, 0.3) is 7.82 Å². The Balaban J connectivity index is 0. The zero-order valence-corrected chi connectivity index (χ0v) is 13.6. The third-order valence-corrected chi connectivity index (χ3v) is 2.99. The summed E-state index contributed by atoms with van der Waals surface area (Å²) in [5, 5.41) is 0. The number of hydrogen-bond donors (Lipinski definition) is 0. The van der Waals surface area contributed by atoms with Crippen LogP contribution in [0.3, 0.4) is 0 Å². The number of rotatable bonds is 10. The van der Waals surface area contributed by atoms with E-state index >= 15 is 0 Å². The topological polar surface area (TPSA) is 58.6 Å². The summed E-state index contributed by atoms with van der Waals surface area (Å²) >= 11 is 0. The van der Waals surface area contributed by atoms with Crippen LogP contribution in [0.2, 0.25) is 0 Å². The molecule has 0 aliphatic carbocycles. The maximum Gasteiger partial charge on any atom is 1.00 e. The molecule has 0 aromatic heterocycles. The molecule has 0 aliphatic rings. The van der Waals surface area contributed by atoms with Crippen molar-refractivity contribution >= 4 is 7.82 Å². The largest absolute Gasteiger partial charge is 1.00 e. The molecule has 16 heavy (non-hydrogen) atoms. The third kappa shape index (κ3) is 13.2. The van der Waals surface area contributed by atoms with Gasteiger partial charge < -0.3 is 13.9 Å². The van der Waals surface area contributed by atoms with Gasteiger partial charge in [-0.05, 0) is 12.8 Å². The molecule has 0 saturated carbocycles. The Morgan fingerprint density at radius 2 is 1.31 bits per heavy atom. The summed E-state index contributed by atoms with van der Waals surface area (Å²) in [5.74, 6) is 0. The standard InChI is InChI=1S/C10H23O4P.Na/c1-3-5-7-9-13-15(11,12)14-10-8-6-4-2;/h3-10H2,1-2H3,(H,11,12);/q;+1/p-1. The maximum atomic E-state index is 11.1. The SMILES string of the molecule is CCCCCOP(=O)([O-])OCCCCC.[Na+]. The molecule has 0 aromatic carbocycles. The maximum absolute atomic E-state index is 11.1. The van der Waals surface area contributed by atoms with Crippen LogP contribution in [-0.4, -0.2) is 13.2 Å². The van der Waals surface area contributed by atoms with Crippen molar-refractivity contribution in [1.29, 1.82) is 0 Å². The van der Waals surface area contributed by atoms with Gasteiger partial charge in [-0.2, -0.15) is 0 Å². The predicted molar refractivity (Wildman–Crippen MR) is 58.6 cm³/mol. The summed E-state index contributed by atoms with van der Waals surface area (Å²) < 4.78 is 20.5. The first kappa shape index (κ1) is 19.4. The monoisotopic (exact) mass is 260 g/mol. The molecule has 0 aromatic rings. The van der Waals surface area contributed by atoms with Gasteiger partial charge in [-0.15, -0.1) is 0 Å². The Morgan fingerprint density at radius 1 is 0.938 bits per heavy atom. The molecule has 0 unspecified atom stereocenters. The van der Waals surface area contributed by atoms with E-state index in [2.05, 4.69) is 22.9 Å². The number of phosphoric acid groups is 1. The summed E-state index contributed by atoms with van der Waals surface area (Å²) in [6, 6.07) is 0. The Kier molecular flexibility index (Phi) is 15.3. The molecule has 6 heteroatoms. The van der Waals surface area contributed by atoms with Crippen molar-refractivity contribution in [2.24, 2.45) is 0 Å². The average molecular weight is 260 g/mol. The van der Waals surface area contributed by atoms with E-state index in [4.69, 9.17) is 0 Å². The number of phosphoric ester groups is 1. The van der Waals surface area contributed by atoms with Gasteiger partial charge >= 0.3 is 29.6 Å². The van der Waals surface area contributed by atoms with Gasteiger partial charge in [0.15, 0.2) is 0 Å². The Hall–Kier alpha value is 1.11. The molecular formula is C10H22NaO4P. The smallest absolute Gasteiger partial charge is 0.756 e. The first-order valence-electron chi connectivity index (χ1n) is 5.72. The van der Waals surface area contributed by atoms with E-state index in [-0.39, 0.29) is 42.8 Å². The van der Waals surface area contributed by atoms with Crippen LogP contribution in [0.25, 0.3) is 0 Å². The molecule has 0 rings (SSSR count). The average Bonchev–Trinajstić information content (AvgIpc) is 2.20. The molecular weight excluding hydrogens is 238 g/mol. The molecule has 0 N–H and O–H groups in total. The molecule has 0 spiro atoms. The normalized spacial score (nSPS) is 11.2. The molecule has 0 fully saturated rings. The minimum absolute atomic E-state index is 0. The summed E-state index contributed by atoms with van der Waals surface area (Å²) in [7, 11) is -4.02.